The normalized spacial score (nSPS) is 59.9. The minimum Gasteiger partial charge on any atom is -0.460 e. The Kier molecular flexibility index (Phi) is 5.68. The smallest absolute Gasteiger partial charge is 0.302 e. The summed E-state index contributed by atoms with van der Waals surface area (Å²) in [5, 5.41) is 34.9. The van der Waals surface area contributed by atoms with Gasteiger partial charge in [-0.25, -0.2) is 0 Å². The van der Waals surface area contributed by atoms with Crippen LogP contribution in [0.15, 0.2) is 0 Å². The first-order chi connectivity index (χ1) is 17.1. The van der Waals surface area contributed by atoms with Crippen molar-refractivity contribution in [3.63, 3.8) is 0 Å². The minimum atomic E-state index is -1.15. The van der Waals surface area contributed by atoms with Crippen molar-refractivity contribution in [3.05, 3.63) is 0 Å². The van der Waals surface area contributed by atoms with Crippen molar-refractivity contribution < 1.29 is 34.3 Å². The average Bonchev–Trinajstić information content (AvgIpc) is 3.26. The lowest BCUT2D eigenvalue weighted by molar-refractivity contribution is -0.300. The Morgan fingerprint density at radius 3 is 2.27 bits per heavy atom. The van der Waals surface area contributed by atoms with Crippen LogP contribution in [-0.2, 0) is 19.0 Å². The standard InChI is InChI=1S/C30H48O7/c1-15-12-30(37-26(15,3)4)29(7,34)25-22(36-30)11-19-18-9-8-17-10-20(32)23(35-16(2)31)14-27(17,5)24(18)21(33)13-28(19,25)6/h15,17-25,32-34H,8-14H2,1-7H3/t15-,17?,18?,19?,20-,21-,22-,23+,24?,25-,27-,28-,29+,30-/m0/s1. The highest BCUT2D eigenvalue weighted by Gasteiger charge is 2.77. The molecule has 2 heterocycles. The molecule has 210 valence electrons. The van der Waals surface area contributed by atoms with Crippen LogP contribution < -0.4 is 0 Å². The molecule has 6 fully saturated rings. The Morgan fingerprint density at radius 2 is 1.65 bits per heavy atom. The Balaban J connectivity index is 1.31. The molecule has 0 aromatic rings. The van der Waals surface area contributed by atoms with Crippen LogP contribution in [0.1, 0.15) is 93.4 Å². The molecule has 0 aromatic heterocycles. The number of hydrogen-bond acceptors (Lipinski definition) is 7. The molecule has 37 heavy (non-hydrogen) atoms. The molecule has 2 aliphatic heterocycles. The van der Waals surface area contributed by atoms with Gasteiger partial charge < -0.3 is 29.5 Å². The number of aliphatic hydroxyl groups is 3. The zero-order valence-electron chi connectivity index (χ0n) is 23.7. The monoisotopic (exact) mass is 520 g/mol. The van der Waals surface area contributed by atoms with Gasteiger partial charge in [-0.3, -0.25) is 4.79 Å². The average molecular weight is 521 g/mol. The summed E-state index contributed by atoms with van der Waals surface area (Å²) in [6, 6.07) is 0. The molecule has 7 heteroatoms. The van der Waals surface area contributed by atoms with Crippen molar-refractivity contribution in [2.45, 2.75) is 135 Å². The van der Waals surface area contributed by atoms with Crippen molar-refractivity contribution in [3.8, 4) is 0 Å². The van der Waals surface area contributed by atoms with E-state index in [0.29, 0.717) is 43.4 Å². The molecule has 0 aromatic carbocycles. The number of carbonyl (C=O) groups is 1. The van der Waals surface area contributed by atoms with Gasteiger partial charge in [-0.05, 0) is 99.7 Å². The quantitative estimate of drug-likeness (QED) is 0.452. The van der Waals surface area contributed by atoms with Crippen molar-refractivity contribution in [1.29, 1.82) is 0 Å². The highest BCUT2D eigenvalue weighted by molar-refractivity contribution is 5.66. The maximum atomic E-state index is 12.2. The molecule has 0 radical (unpaired) electrons. The maximum absolute atomic E-state index is 12.2. The lowest BCUT2D eigenvalue weighted by atomic mass is 9.43. The second-order valence-electron chi connectivity index (χ2n) is 15.1. The summed E-state index contributed by atoms with van der Waals surface area (Å²) in [7, 11) is 0. The van der Waals surface area contributed by atoms with E-state index in [9.17, 15) is 20.1 Å². The zero-order valence-corrected chi connectivity index (χ0v) is 23.7. The molecule has 14 atom stereocenters. The largest absolute Gasteiger partial charge is 0.460 e. The van der Waals surface area contributed by atoms with E-state index in [1.165, 1.54) is 6.92 Å². The van der Waals surface area contributed by atoms with Crippen molar-refractivity contribution in [1.82, 2.24) is 0 Å². The molecule has 6 aliphatic rings. The van der Waals surface area contributed by atoms with Crippen LogP contribution in [0, 0.1) is 46.3 Å². The highest BCUT2D eigenvalue weighted by atomic mass is 16.7. The molecule has 3 N–H and O–H groups in total. The number of fused-ring (bicyclic) bond motifs is 7. The lowest BCUT2D eigenvalue weighted by Gasteiger charge is -2.63. The number of hydrogen-bond donors (Lipinski definition) is 3. The molecule has 4 aliphatic carbocycles. The van der Waals surface area contributed by atoms with E-state index in [1.54, 1.807) is 0 Å². The molecular formula is C30H48O7. The molecule has 4 unspecified atom stereocenters. The molecule has 0 bridgehead atoms. The molecule has 2 saturated heterocycles. The maximum Gasteiger partial charge on any atom is 0.302 e. The molecule has 4 saturated carbocycles. The first kappa shape index (κ1) is 26.5. The van der Waals surface area contributed by atoms with Crippen LogP contribution >= 0.6 is 0 Å². The Hall–Kier alpha value is -0.730. The van der Waals surface area contributed by atoms with Crippen LogP contribution in [0.25, 0.3) is 0 Å². The summed E-state index contributed by atoms with van der Waals surface area (Å²) in [6.45, 7) is 14.2. The van der Waals surface area contributed by atoms with Gasteiger partial charge in [0.05, 0.1) is 23.9 Å². The van der Waals surface area contributed by atoms with Crippen molar-refractivity contribution in [2.75, 3.05) is 0 Å². The number of aliphatic hydroxyl groups excluding tert-OH is 2. The van der Waals surface area contributed by atoms with Gasteiger partial charge in [0.2, 0.25) is 0 Å². The van der Waals surface area contributed by atoms with E-state index >= 15 is 0 Å². The van der Waals surface area contributed by atoms with Crippen LogP contribution in [0.2, 0.25) is 0 Å². The van der Waals surface area contributed by atoms with Gasteiger partial charge in [0.15, 0.2) is 5.79 Å². The first-order valence-corrected chi connectivity index (χ1v) is 14.7. The Labute approximate surface area is 221 Å². The van der Waals surface area contributed by atoms with Gasteiger partial charge in [0, 0.05) is 19.3 Å². The number of carbonyl (C=O) groups excluding carboxylic acids is 1. The second kappa shape index (κ2) is 7.93. The minimum absolute atomic E-state index is 0.0781. The van der Waals surface area contributed by atoms with E-state index in [2.05, 4.69) is 34.6 Å². The molecule has 7 nitrogen and oxygen atoms in total. The summed E-state index contributed by atoms with van der Waals surface area (Å²) in [5.41, 5.74) is -1.98. The number of ether oxygens (including phenoxy) is 3. The second-order valence-corrected chi connectivity index (χ2v) is 15.1. The fourth-order valence-corrected chi connectivity index (χ4v) is 11.0. The third-order valence-electron chi connectivity index (χ3n) is 12.8. The van der Waals surface area contributed by atoms with Crippen molar-refractivity contribution in [2.24, 2.45) is 46.3 Å². The van der Waals surface area contributed by atoms with Crippen LogP contribution in [0.4, 0.5) is 0 Å². The fraction of sp³-hybridized carbons (Fsp3) is 0.967. The topological polar surface area (TPSA) is 105 Å². The van der Waals surface area contributed by atoms with Gasteiger partial charge in [-0.2, -0.15) is 0 Å². The highest BCUT2D eigenvalue weighted by Crippen LogP contribution is 2.72. The van der Waals surface area contributed by atoms with Gasteiger partial charge in [0.25, 0.3) is 0 Å². The van der Waals surface area contributed by atoms with E-state index in [-0.39, 0.29) is 46.3 Å². The molecule has 0 amide bonds. The Morgan fingerprint density at radius 1 is 0.946 bits per heavy atom. The number of rotatable bonds is 1. The van der Waals surface area contributed by atoms with E-state index in [0.717, 1.165) is 19.3 Å². The summed E-state index contributed by atoms with van der Waals surface area (Å²) in [6.07, 6.45) is 3.63. The van der Waals surface area contributed by atoms with Crippen molar-refractivity contribution >= 4 is 5.97 Å². The first-order valence-electron chi connectivity index (χ1n) is 14.7. The third-order valence-corrected chi connectivity index (χ3v) is 12.8. The van der Waals surface area contributed by atoms with Gasteiger partial charge in [-0.1, -0.05) is 20.8 Å². The fourth-order valence-electron chi connectivity index (χ4n) is 11.0. The Bertz CT molecular complexity index is 964. The summed E-state index contributed by atoms with van der Waals surface area (Å²) in [4.78, 5) is 11.8. The number of esters is 1. The lowest BCUT2D eigenvalue weighted by Crippen LogP contribution is -2.63. The molecule has 6 rings (SSSR count). The zero-order chi connectivity index (χ0) is 26.9. The van der Waals surface area contributed by atoms with Gasteiger partial charge >= 0.3 is 5.97 Å². The summed E-state index contributed by atoms with van der Waals surface area (Å²) in [5.74, 6) is -0.172. The predicted octanol–water partition coefficient (Wildman–Crippen LogP) is 3.81. The van der Waals surface area contributed by atoms with Crippen LogP contribution in [0.3, 0.4) is 0 Å². The van der Waals surface area contributed by atoms with E-state index in [1.807, 2.05) is 6.92 Å². The molecule has 1 spiro atoms. The van der Waals surface area contributed by atoms with Gasteiger partial charge in [0.1, 0.15) is 11.7 Å². The summed E-state index contributed by atoms with van der Waals surface area (Å²) >= 11 is 0. The van der Waals surface area contributed by atoms with E-state index < -0.39 is 29.7 Å². The van der Waals surface area contributed by atoms with E-state index in [4.69, 9.17) is 14.2 Å². The van der Waals surface area contributed by atoms with Gasteiger partial charge in [-0.15, -0.1) is 0 Å². The predicted molar refractivity (Wildman–Crippen MR) is 136 cm³/mol. The third kappa shape index (κ3) is 3.39. The molecular weight excluding hydrogens is 472 g/mol. The summed E-state index contributed by atoms with van der Waals surface area (Å²) < 4.78 is 18.9. The van der Waals surface area contributed by atoms with Crippen LogP contribution in [0.5, 0.6) is 0 Å². The van der Waals surface area contributed by atoms with Crippen LogP contribution in [-0.4, -0.2) is 62.7 Å². The SMILES string of the molecule is CC(=O)O[C@@H]1C[C@@]2(C)C(CCC3C2[C@@H](O)C[C@@]2(C)C3C[C@@H]3O[C@]4(C[C@H](C)C(C)(C)O4)[C@](C)(O)[C@@H]32)C[C@@H]1O.